The van der Waals surface area contributed by atoms with Gasteiger partial charge in [0.2, 0.25) is 0 Å². The lowest BCUT2D eigenvalue weighted by Crippen LogP contribution is -2.59. The number of rotatable bonds is 8. The molecular weight excluding hydrogens is 905 g/mol. The molecule has 4 heterocycles. The second kappa shape index (κ2) is 17.3. The first-order valence-electron chi connectivity index (χ1n) is 29.9. The molecule has 0 N–H and O–H groups in total. The van der Waals surface area contributed by atoms with Crippen LogP contribution in [0.3, 0.4) is 0 Å². The van der Waals surface area contributed by atoms with E-state index in [1.807, 2.05) is 134 Å². The lowest BCUT2D eigenvalue weighted by molar-refractivity contribution is -0.571. The predicted molar refractivity (Wildman–Crippen MR) is 302 cm³/mol. The topological polar surface area (TPSA) is 35.9 Å². The molecule has 13 rings (SSSR count). The minimum Gasteiger partial charge on any atom is -0.458 e. The Labute approximate surface area is 443 Å². The van der Waals surface area contributed by atoms with E-state index in [4.69, 9.17) is 17.9 Å². The number of fused-ring (bicyclic) bond motifs is 6. The van der Waals surface area contributed by atoms with Crippen molar-refractivity contribution in [1.82, 2.24) is 14.1 Å². The minimum atomic E-state index is -2.48. The number of aromatic nitrogens is 4. The van der Waals surface area contributed by atoms with Crippen molar-refractivity contribution < 1.29 is 24.4 Å². The van der Waals surface area contributed by atoms with Gasteiger partial charge >= 0.3 is 0 Å². The molecule has 0 fully saturated rings. The maximum absolute atomic E-state index is 11.0. The summed E-state index contributed by atoms with van der Waals surface area (Å²) in [4.78, 5) is 4.86. The zero-order chi connectivity index (χ0) is 59.1. The van der Waals surface area contributed by atoms with Gasteiger partial charge in [-0.2, -0.15) is 0 Å². The Balaban J connectivity index is 1.06. The van der Waals surface area contributed by atoms with E-state index in [-0.39, 0.29) is 38.9 Å². The molecule has 12 aromatic rings. The summed E-state index contributed by atoms with van der Waals surface area (Å²) in [6, 6.07) is 46.5. The molecule has 0 spiro atoms. The number of hydrogen-bond donors (Lipinski definition) is 0. The summed E-state index contributed by atoms with van der Waals surface area (Å²) in [5.74, 6) is 0.102. The van der Waals surface area contributed by atoms with Crippen LogP contribution in [0.25, 0.3) is 72.3 Å². The number of nitrogens with zero attached hydrogens (tertiary/aromatic N) is 4. The third-order valence-electron chi connectivity index (χ3n) is 14.3. The van der Waals surface area contributed by atoms with Crippen LogP contribution >= 0.6 is 0 Å². The van der Waals surface area contributed by atoms with Gasteiger partial charge in [0.05, 0.1) is 47.1 Å². The van der Waals surface area contributed by atoms with Crippen LogP contribution in [0.2, 0.25) is 13.1 Å². The summed E-state index contributed by atoms with van der Waals surface area (Å²) in [5, 5.41) is 4.09. The standard InChI is InChI=1S/C67H54N4OSi/c1-67(2,3)48-37-38-68-64(41-48)71-58-30-15-12-27-52(58)53-36-35-51(43-61(53)71)72-50-26-20-25-49(42-50)69-44-70(60-32-17-16-31-59(60)69)66-56(45-21-8-6-9-22-45)39-47(40-57(66)46-23-10-7-11-24-46)65-54-28-13-18-33-62(54)73(4,5)63-34-19-14-29-55(63)65/h6-43,65H,1-5H3/i6D,7D,8D,9D,10D,11D,21D,22D,23D,24D,65D. The molecule has 1 aliphatic heterocycles. The lowest BCUT2D eigenvalue weighted by atomic mass is 9.81. The molecule has 6 heteroatoms. The zero-order valence-corrected chi connectivity index (χ0v) is 41.9. The van der Waals surface area contributed by atoms with Crippen molar-refractivity contribution in [3.63, 3.8) is 0 Å². The summed E-state index contributed by atoms with van der Waals surface area (Å²) in [7, 11) is -2.48. The van der Waals surface area contributed by atoms with Gasteiger partial charge in [-0.15, -0.1) is 0 Å². The van der Waals surface area contributed by atoms with Crippen LogP contribution in [0.5, 0.6) is 11.5 Å². The molecule has 352 valence electrons. The highest BCUT2D eigenvalue weighted by Crippen LogP contribution is 2.43. The van der Waals surface area contributed by atoms with Crippen molar-refractivity contribution in [2.24, 2.45) is 0 Å². The highest BCUT2D eigenvalue weighted by atomic mass is 28.3. The maximum Gasteiger partial charge on any atom is 0.269 e. The van der Waals surface area contributed by atoms with Gasteiger partial charge < -0.3 is 4.74 Å². The van der Waals surface area contributed by atoms with Crippen LogP contribution in [0.15, 0.2) is 230 Å². The van der Waals surface area contributed by atoms with Crippen molar-refractivity contribution >= 4 is 51.3 Å². The van der Waals surface area contributed by atoms with E-state index >= 15 is 0 Å². The molecule has 0 unspecified atom stereocenters. The molecule has 0 atom stereocenters. The molecular formula is C67H54N4OSi. The number of para-hydroxylation sites is 3. The SMILES string of the molecule is [2H]c1c([2H])c([2H])c(-c2cc(C3([2H])c4ccccc4[Si](C)(C)c4ccccc43)cc(-c3c([2H])c([2H])c([2H])c([2H])c3[2H])c2-[n+]2[c-]n(-c3cccc(Oc4ccc5c6ccccc6n(-c6cc(C(C)(C)C)ccn6)c5c4)c3)c3ccccc32)c([2H])c1[2H]. The Hall–Kier alpha value is -8.58. The first-order valence-corrected chi connectivity index (χ1v) is 27.4. The monoisotopic (exact) mass is 969 g/mol. The molecule has 0 saturated carbocycles. The summed E-state index contributed by atoms with van der Waals surface area (Å²) in [5.41, 5.74) is 6.03. The average Bonchev–Trinajstić information content (AvgIpc) is 0.948. The molecule has 0 radical (unpaired) electrons. The highest BCUT2D eigenvalue weighted by molar-refractivity contribution is 7.01. The van der Waals surface area contributed by atoms with Gasteiger partial charge in [0.1, 0.15) is 25.4 Å². The Morgan fingerprint density at radius 3 is 1.89 bits per heavy atom. The van der Waals surface area contributed by atoms with E-state index in [9.17, 15) is 6.85 Å². The van der Waals surface area contributed by atoms with E-state index in [0.717, 1.165) is 43.6 Å². The van der Waals surface area contributed by atoms with Gasteiger partial charge in [0, 0.05) is 30.3 Å². The maximum atomic E-state index is 11.0. The molecule has 0 aliphatic carbocycles. The Kier molecular flexibility index (Phi) is 8.05. The second-order valence-electron chi connectivity index (χ2n) is 20.1. The van der Waals surface area contributed by atoms with E-state index in [2.05, 4.69) is 69.0 Å². The van der Waals surface area contributed by atoms with Gasteiger partial charge in [0.15, 0.2) is 0 Å². The molecule has 0 bridgehead atoms. The quantitative estimate of drug-likeness (QED) is 0.0864. The van der Waals surface area contributed by atoms with Crippen LogP contribution in [-0.2, 0) is 5.41 Å². The summed E-state index contributed by atoms with van der Waals surface area (Å²) in [6.07, 6.45) is 5.39. The fraction of sp³-hybridized carbons (Fsp3) is 0.104. The first-order chi connectivity index (χ1) is 40.1. The molecule has 0 saturated heterocycles. The second-order valence-corrected chi connectivity index (χ2v) is 24.4. The molecule has 9 aromatic carbocycles. The largest absolute Gasteiger partial charge is 0.458 e. The van der Waals surface area contributed by atoms with Crippen molar-refractivity contribution in [1.29, 1.82) is 0 Å². The molecule has 1 aliphatic rings. The van der Waals surface area contributed by atoms with Crippen molar-refractivity contribution in [2.45, 2.75) is 45.2 Å². The number of pyridine rings is 1. The van der Waals surface area contributed by atoms with Crippen LogP contribution in [0.1, 0.15) is 64.0 Å². The van der Waals surface area contributed by atoms with Gasteiger partial charge in [-0.05, 0) is 98.5 Å². The number of benzene rings is 9. The number of ether oxygens (including phenoxy) is 1. The van der Waals surface area contributed by atoms with E-state index < -0.39 is 74.4 Å². The van der Waals surface area contributed by atoms with Crippen LogP contribution < -0.4 is 19.7 Å². The van der Waals surface area contributed by atoms with E-state index in [0.29, 0.717) is 39.3 Å². The number of imidazole rings is 1. The van der Waals surface area contributed by atoms with Crippen LogP contribution in [-0.4, -0.2) is 22.2 Å². The summed E-state index contributed by atoms with van der Waals surface area (Å²) < 4.78 is 115. The third-order valence-corrected chi connectivity index (χ3v) is 17.8. The Bertz CT molecular complexity index is 4580. The van der Waals surface area contributed by atoms with Crippen LogP contribution in [0, 0.1) is 6.33 Å². The van der Waals surface area contributed by atoms with Gasteiger partial charge in [0.25, 0.3) is 6.33 Å². The summed E-state index contributed by atoms with van der Waals surface area (Å²) in [6.45, 7) is 11.0. The van der Waals surface area contributed by atoms with Crippen LogP contribution in [0.4, 0.5) is 0 Å². The van der Waals surface area contributed by atoms with Crippen molar-refractivity contribution in [2.75, 3.05) is 0 Å². The zero-order valence-electron chi connectivity index (χ0n) is 51.9. The Morgan fingerprint density at radius 2 is 1.21 bits per heavy atom. The fourth-order valence-electron chi connectivity index (χ4n) is 10.8. The first kappa shape index (κ1) is 33.9. The van der Waals surface area contributed by atoms with Gasteiger partial charge in [-0.3, -0.25) is 13.7 Å². The molecule has 3 aromatic heterocycles. The van der Waals surface area contributed by atoms with Crippen molar-refractivity contribution in [3.05, 3.63) is 259 Å². The lowest BCUT2D eigenvalue weighted by Gasteiger charge is -2.39. The Morgan fingerprint density at radius 1 is 0.603 bits per heavy atom. The molecule has 5 nitrogen and oxygen atoms in total. The highest BCUT2D eigenvalue weighted by Gasteiger charge is 2.39. The minimum absolute atomic E-state index is 0.0457. The average molecular weight is 970 g/mol. The van der Waals surface area contributed by atoms with Gasteiger partial charge in [-0.25, -0.2) is 4.98 Å². The van der Waals surface area contributed by atoms with E-state index in [1.54, 1.807) is 21.3 Å². The smallest absolute Gasteiger partial charge is 0.269 e. The van der Waals surface area contributed by atoms with Crippen molar-refractivity contribution in [3.8, 4) is 50.9 Å². The molecule has 0 amide bonds. The summed E-state index contributed by atoms with van der Waals surface area (Å²) >= 11 is 0. The molecule has 73 heavy (non-hydrogen) atoms. The van der Waals surface area contributed by atoms with E-state index in [1.165, 1.54) is 0 Å². The third kappa shape index (κ3) is 7.51. The number of hydrogen-bond acceptors (Lipinski definition) is 2. The normalized spacial score (nSPS) is 15.9. The van der Waals surface area contributed by atoms with Gasteiger partial charge in [-0.1, -0.05) is 214 Å². The fourth-order valence-corrected chi connectivity index (χ4v) is 13.9. The predicted octanol–water partition coefficient (Wildman–Crippen LogP) is 14.9.